The molecule has 82 valence electrons. The number of carbonyl (C=O) groups excluding carboxylic acids is 1. The van der Waals surface area contributed by atoms with E-state index in [1.165, 1.54) is 0 Å². The molecule has 1 fully saturated rings. The molecule has 1 amide bonds. The highest BCUT2D eigenvalue weighted by atomic mass is 79.9. The van der Waals surface area contributed by atoms with Crippen LogP contribution in [0.2, 0.25) is 0 Å². The molecule has 1 saturated carbocycles. The predicted octanol–water partition coefficient (Wildman–Crippen LogP) is 1.29. The molecule has 1 aliphatic carbocycles. The van der Waals surface area contributed by atoms with Gasteiger partial charge in [0.25, 0.3) is 0 Å². The maximum Gasteiger partial charge on any atom is 0.234 e. The number of nitrogens with one attached hydrogen (secondary N) is 1. The van der Waals surface area contributed by atoms with Crippen LogP contribution in [0.15, 0.2) is 0 Å². The molecule has 0 aromatic rings. The van der Waals surface area contributed by atoms with Gasteiger partial charge in [-0.25, -0.2) is 0 Å². The molecule has 0 aromatic heterocycles. The lowest BCUT2D eigenvalue weighted by Crippen LogP contribution is -2.41. The van der Waals surface area contributed by atoms with Gasteiger partial charge >= 0.3 is 0 Å². The first-order valence-electron chi connectivity index (χ1n) is 5.10. The van der Waals surface area contributed by atoms with Crippen molar-refractivity contribution in [3.63, 3.8) is 0 Å². The van der Waals surface area contributed by atoms with E-state index in [-0.39, 0.29) is 16.8 Å². The van der Waals surface area contributed by atoms with Gasteiger partial charge in [-0.05, 0) is 24.7 Å². The fourth-order valence-corrected chi connectivity index (χ4v) is 1.67. The Kier molecular flexibility index (Phi) is 4.38. The Bertz CT molecular complexity index is 202. The third-order valence-corrected chi connectivity index (χ3v) is 4.08. The quantitative estimate of drug-likeness (QED) is 0.752. The van der Waals surface area contributed by atoms with Crippen LogP contribution >= 0.6 is 15.9 Å². The molecular formula is C10H18BrNO2. The zero-order valence-electron chi connectivity index (χ0n) is 8.66. The van der Waals surface area contributed by atoms with E-state index < -0.39 is 0 Å². The maximum absolute atomic E-state index is 11.5. The van der Waals surface area contributed by atoms with Crippen LogP contribution in [0.4, 0.5) is 0 Å². The molecule has 14 heavy (non-hydrogen) atoms. The molecule has 3 nitrogen and oxygen atoms in total. The molecule has 4 heteroatoms. The summed E-state index contributed by atoms with van der Waals surface area (Å²) in [7, 11) is 0. The van der Waals surface area contributed by atoms with Gasteiger partial charge in [0.05, 0.1) is 10.9 Å². The highest BCUT2D eigenvalue weighted by Crippen LogP contribution is 2.26. The Morgan fingerprint density at radius 3 is 2.57 bits per heavy atom. The Labute approximate surface area is 93.4 Å². The van der Waals surface area contributed by atoms with Crippen molar-refractivity contribution >= 4 is 21.8 Å². The minimum absolute atomic E-state index is 0.0568. The van der Waals surface area contributed by atoms with Gasteiger partial charge in [-0.2, -0.15) is 0 Å². The van der Waals surface area contributed by atoms with Crippen molar-refractivity contribution in [3.05, 3.63) is 0 Å². The largest absolute Gasteiger partial charge is 0.393 e. The topological polar surface area (TPSA) is 49.3 Å². The zero-order chi connectivity index (χ0) is 10.7. The lowest BCUT2D eigenvalue weighted by atomic mass is 9.82. The van der Waals surface area contributed by atoms with Crippen LogP contribution in [-0.2, 0) is 4.79 Å². The average molecular weight is 264 g/mol. The number of halogens is 1. The van der Waals surface area contributed by atoms with E-state index in [0.717, 1.165) is 12.8 Å². The number of alkyl halides is 1. The van der Waals surface area contributed by atoms with Crippen molar-refractivity contribution < 1.29 is 9.90 Å². The standard InChI is InChI=1S/C10H18BrNO2/c1-6(2)9(11)10(14)12-5-7-3-8(13)4-7/h6-9,13H,3-5H2,1-2H3,(H,12,14). The number of hydrogen-bond donors (Lipinski definition) is 2. The minimum Gasteiger partial charge on any atom is -0.393 e. The first kappa shape index (κ1) is 12.0. The third kappa shape index (κ3) is 3.24. The Morgan fingerprint density at radius 1 is 1.57 bits per heavy atom. The highest BCUT2D eigenvalue weighted by molar-refractivity contribution is 9.10. The fraction of sp³-hybridized carbons (Fsp3) is 0.900. The Balaban J connectivity index is 2.15. The van der Waals surface area contributed by atoms with E-state index in [9.17, 15) is 4.79 Å². The molecule has 1 atom stereocenters. The van der Waals surface area contributed by atoms with E-state index in [0.29, 0.717) is 18.4 Å². The molecule has 1 rings (SSSR count). The van der Waals surface area contributed by atoms with Crippen molar-refractivity contribution in [2.75, 3.05) is 6.54 Å². The van der Waals surface area contributed by atoms with Crippen LogP contribution in [0, 0.1) is 11.8 Å². The number of aliphatic hydroxyl groups excluding tert-OH is 1. The van der Waals surface area contributed by atoms with Crippen LogP contribution in [0.1, 0.15) is 26.7 Å². The van der Waals surface area contributed by atoms with Crippen molar-refractivity contribution in [2.45, 2.75) is 37.6 Å². The number of amides is 1. The van der Waals surface area contributed by atoms with Gasteiger partial charge in [0.2, 0.25) is 5.91 Å². The third-order valence-electron chi connectivity index (χ3n) is 2.61. The van der Waals surface area contributed by atoms with Gasteiger partial charge in [0, 0.05) is 6.54 Å². The maximum atomic E-state index is 11.5. The fourth-order valence-electron chi connectivity index (χ4n) is 1.51. The van der Waals surface area contributed by atoms with Gasteiger partial charge in [-0.3, -0.25) is 4.79 Å². The summed E-state index contributed by atoms with van der Waals surface area (Å²) in [6.45, 7) is 4.71. The monoisotopic (exact) mass is 263 g/mol. The van der Waals surface area contributed by atoms with Crippen LogP contribution in [0.25, 0.3) is 0 Å². The van der Waals surface area contributed by atoms with Crippen LogP contribution in [0.3, 0.4) is 0 Å². The van der Waals surface area contributed by atoms with Crippen molar-refractivity contribution in [2.24, 2.45) is 11.8 Å². The summed E-state index contributed by atoms with van der Waals surface area (Å²) in [5, 5.41) is 11.9. The van der Waals surface area contributed by atoms with Crippen LogP contribution < -0.4 is 5.32 Å². The Hall–Kier alpha value is -0.0900. The zero-order valence-corrected chi connectivity index (χ0v) is 10.3. The van der Waals surface area contributed by atoms with Gasteiger partial charge in [0.15, 0.2) is 0 Å². The second kappa shape index (κ2) is 5.12. The first-order chi connectivity index (χ1) is 6.50. The van der Waals surface area contributed by atoms with E-state index in [2.05, 4.69) is 21.2 Å². The van der Waals surface area contributed by atoms with Gasteiger partial charge in [-0.15, -0.1) is 0 Å². The van der Waals surface area contributed by atoms with Crippen molar-refractivity contribution in [1.82, 2.24) is 5.32 Å². The molecule has 0 bridgehead atoms. The van der Waals surface area contributed by atoms with Gasteiger partial charge in [0.1, 0.15) is 0 Å². The molecule has 1 aliphatic rings. The molecule has 0 saturated heterocycles. The van der Waals surface area contributed by atoms with Crippen molar-refractivity contribution in [1.29, 1.82) is 0 Å². The summed E-state index contributed by atoms with van der Waals surface area (Å²) in [6, 6.07) is 0. The summed E-state index contributed by atoms with van der Waals surface area (Å²) in [5.74, 6) is 0.837. The lowest BCUT2D eigenvalue weighted by Gasteiger charge is -2.31. The van der Waals surface area contributed by atoms with E-state index >= 15 is 0 Å². The number of carbonyl (C=O) groups is 1. The smallest absolute Gasteiger partial charge is 0.234 e. The second-order valence-corrected chi connectivity index (χ2v) is 5.37. The highest BCUT2D eigenvalue weighted by Gasteiger charge is 2.28. The van der Waals surface area contributed by atoms with Gasteiger partial charge < -0.3 is 10.4 Å². The number of aliphatic hydroxyl groups is 1. The summed E-state index contributed by atoms with van der Waals surface area (Å²) >= 11 is 3.35. The molecule has 2 N–H and O–H groups in total. The SMILES string of the molecule is CC(C)C(Br)C(=O)NCC1CC(O)C1. The van der Waals surface area contributed by atoms with Crippen molar-refractivity contribution in [3.8, 4) is 0 Å². The summed E-state index contributed by atoms with van der Waals surface area (Å²) in [5.41, 5.74) is 0. The van der Waals surface area contributed by atoms with E-state index in [1.807, 2.05) is 13.8 Å². The predicted molar refractivity (Wildman–Crippen MR) is 59.3 cm³/mol. The molecule has 0 radical (unpaired) electrons. The molecule has 0 spiro atoms. The number of hydrogen-bond acceptors (Lipinski definition) is 2. The first-order valence-corrected chi connectivity index (χ1v) is 6.02. The molecule has 0 heterocycles. The minimum atomic E-state index is -0.137. The molecule has 1 unspecified atom stereocenters. The van der Waals surface area contributed by atoms with E-state index in [1.54, 1.807) is 0 Å². The summed E-state index contributed by atoms with van der Waals surface area (Å²) < 4.78 is 0. The molecule has 0 aliphatic heterocycles. The normalized spacial score (nSPS) is 28.4. The molecular weight excluding hydrogens is 246 g/mol. The summed E-state index contributed by atoms with van der Waals surface area (Å²) in [6.07, 6.45) is 1.52. The van der Waals surface area contributed by atoms with Crippen LogP contribution in [0.5, 0.6) is 0 Å². The van der Waals surface area contributed by atoms with Crippen LogP contribution in [-0.4, -0.2) is 28.5 Å². The average Bonchev–Trinajstić information content (AvgIpc) is 2.08. The summed E-state index contributed by atoms with van der Waals surface area (Å²) in [4.78, 5) is 11.4. The van der Waals surface area contributed by atoms with Gasteiger partial charge in [-0.1, -0.05) is 29.8 Å². The second-order valence-electron chi connectivity index (χ2n) is 4.38. The lowest BCUT2D eigenvalue weighted by molar-refractivity contribution is -0.121. The Morgan fingerprint density at radius 2 is 2.14 bits per heavy atom. The number of rotatable bonds is 4. The molecule has 0 aromatic carbocycles. The van der Waals surface area contributed by atoms with E-state index in [4.69, 9.17) is 5.11 Å².